The quantitative estimate of drug-likeness (QED) is 0.656. The first-order valence-corrected chi connectivity index (χ1v) is 7.21. The molecule has 0 heterocycles. The lowest BCUT2D eigenvalue weighted by Gasteiger charge is -2.10. The van der Waals surface area contributed by atoms with Gasteiger partial charge in [-0.2, -0.15) is 5.26 Å². The van der Waals surface area contributed by atoms with Gasteiger partial charge in [0.05, 0.1) is 11.3 Å². The minimum absolute atomic E-state index is 0.713. The molecular formula is C16H16N2S. The van der Waals surface area contributed by atoms with Crippen LogP contribution in [0.5, 0.6) is 0 Å². The molecule has 0 aliphatic rings. The van der Waals surface area contributed by atoms with E-state index in [4.69, 9.17) is 5.26 Å². The van der Waals surface area contributed by atoms with Crippen molar-refractivity contribution in [2.75, 3.05) is 17.6 Å². The molecule has 2 aromatic carbocycles. The van der Waals surface area contributed by atoms with E-state index in [1.165, 1.54) is 4.90 Å². The lowest BCUT2D eigenvalue weighted by molar-refractivity contribution is 1.20. The Kier molecular flexibility index (Phi) is 4.88. The predicted molar refractivity (Wildman–Crippen MR) is 81.5 cm³/mol. The van der Waals surface area contributed by atoms with Gasteiger partial charge in [0.2, 0.25) is 0 Å². The minimum atomic E-state index is 0.713. The van der Waals surface area contributed by atoms with E-state index < -0.39 is 0 Å². The van der Waals surface area contributed by atoms with Crippen molar-refractivity contribution < 1.29 is 0 Å². The largest absolute Gasteiger partial charge is 0.383 e. The molecule has 0 saturated carbocycles. The van der Waals surface area contributed by atoms with Crippen molar-refractivity contribution in [1.29, 1.82) is 5.26 Å². The molecule has 2 rings (SSSR count). The maximum absolute atomic E-state index is 9.08. The molecule has 3 heteroatoms. The van der Waals surface area contributed by atoms with E-state index in [0.29, 0.717) is 5.56 Å². The Morgan fingerprint density at radius 1 is 1.11 bits per heavy atom. The van der Waals surface area contributed by atoms with E-state index in [1.54, 1.807) is 0 Å². The Morgan fingerprint density at radius 3 is 2.63 bits per heavy atom. The summed E-state index contributed by atoms with van der Waals surface area (Å²) in [5.41, 5.74) is 2.78. The zero-order chi connectivity index (χ0) is 13.5. The third kappa shape index (κ3) is 3.77. The van der Waals surface area contributed by atoms with Crippen molar-refractivity contribution in [3.05, 3.63) is 59.7 Å². The molecule has 0 aliphatic carbocycles. The molecule has 0 aromatic heterocycles. The van der Waals surface area contributed by atoms with E-state index >= 15 is 0 Å². The van der Waals surface area contributed by atoms with Crippen molar-refractivity contribution in [1.82, 2.24) is 0 Å². The molecule has 0 amide bonds. The van der Waals surface area contributed by atoms with Gasteiger partial charge >= 0.3 is 0 Å². The van der Waals surface area contributed by atoms with Gasteiger partial charge in [0.25, 0.3) is 0 Å². The van der Waals surface area contributed by atoms with Gasteiger partial charge in [-0.05, 0) is 30.7 Å². The number of thioether (sulfide) groups is 1. The van der Waals surface area contributed by atoms with Gasteiger partial charge in [-0.1, -0.05) is 30.3 Å². The summed E-state index contributed by atoms with van der Waals surface area (Å²) >= 11 is 1.81. The standard InChI is InChI=1S/C16H16N2S/c1-13-6-5-7-14(12-17)16(13)18-10-11-19-15-8-3-2-4-9-15/h2-9,18H,10-11H2,1H3. The zero-order valence-corrected chi connectivity index (χ0v) is 11.7. The normalized spacial score (nSPS) is 9.89. The smallest absolute Gasteiger partial charge is 0.101 e. The third-order valence-corrected chi connectivity index (χ3v) is 3.82. The molecule has 96 valence electrons. The summed E-state index contributed by atoms with van der Waals surface area (Å²) in [5.74, 6) is 0.975. The van der Waals surface area contributed by atoms with Gasteiger partial charge in [-0.15, -0.1) is 11.8 Å². The van der Waals surface area contributed by atoms with E-state index in [9.17, 15) is 0 Å². The van der Waals surface area contributed by atoms with Gasteiger partial charge < -0.3 is 5.32 Å². The summed E-state index contributed by atoms with van der Waals surface area (Å²) in [5, 5.41) is 12.4. The Bertz CT molecular complexity index is 573. The lowest BCUT2D eigenvalue weighted by Crippen LogP contribution is -2.06. The molecule has 2 aromatic rings. The van der Waals surface area contributed by atoms with Crippen LogP contribution in [0.15, 0.2) is 53.4 Å². The van der Waals surface area contributed by atoms with Gasteiger partial charge in [0, 0.05) is 17.2 Å². The van der Waals surface area contributed by atoms with E-state index in [1.807, 2.05) is 55.1 Å². The average Bonchev–Trinajstić information content (AvgIpc) is 2.46. The number of rotatable bonds is 5. The molecule has 2 nitrogen and oxygen atoms in total. The number of hydrogen-bond donors (Lipinski definition) is 1. The Morgan fingerprint density at radius 2 is 1.89 bits per heavy atom. The second-order valence-corrected chi connectivity index (χ2v) is 5.37. The molecule has 0 spiro atoms. The average molecular weight is 268 g/mol. The third-order valence-electron chi connectivity index (χ3n) is 2.81. The van der Waals surface area contributed by atoms with Crippen LogP contribution in [-0.4, -0.2) is 12.3 Å². The summed E-state index contributed by atoms with van der Waals surface area (Å²) < 4.78 is 0. The molecule has 0 saturated heterocycles. The summed E-state index contributed by atoms with van der Waals surface area (Å²) in [6, 6.07) is 18.3. The van der Waals surface area contributed by atoms with Crippen molar-refractivity contribution in [3.63, 3.8) is 0 Å². The van der Waals surface area contributed by atoms with Crippen LogP contribution < -0.4 is 5.32 Å². The number of hydrogen-bond acceptors (Lipinski definition) is 3. The van der Waals surface area contributed by atoms with Crippen molar-refractivity contribution >= 4 is 17.4 Å². The van der Waals surface area contributed by atoms with E-state index in [0.717, 1.165) is 23.5 Å². The zero-order valence-electron chi connectivity index (χ0n) is 10.9. The lowest BCUT2D eigenvalue weighted by atomic mass is 10.1. The van der Waals surface area contributed by atoms with Crippen LogP contribution in [0, 0.1) is 18.3 Å². The summed E-state index contributed by atoms with van der Waals surface area (Å²) in [4.78, 5) is 1.27. The first kappa shape index (κ1) is 13.5. The number of aryl methyl sites for hydroxylation is 1. The van der Waals surface area contributed by atoms with Gasteiger partial charge in [-0.3, -0.25) is 0 Å². The first-order valence-electron chi connectivity index (χ1n) is 6.22. The monoisotopic (exact) mass is 268 g/mol. The molecule has 19 heavy (non-hydrogen) atoms. The highest BCUT2D eigenvalue weighted by atomic mass is 32.2. The Labute approximate surface area is 118 Å². The fourth-order valence-electron chi connectivity index (χ4n) is 1.86. The van der Waals surface area contributed by atoms with Crippen LogP contribution >= 0.6 is 11.8 Å². The molecule has 0 atom stereocenters. The first-order chi connectivity index (χ1) is 9.31. The van der Waals surface area contributed by atoms with Crippen LogP contribution in [0.25, 0.3) is 0 Å². The number of nitriles is 1. The predicted octanol–water partition coefficient (Wildman–Crippen LogP) is 4.07. The molecule has 0 aliphatic heterocycles. The Balaban J connectivity index is 1.88. The van der Waals surface area contributed by atoms with Crippen molar-refractivity contribution in [2.45, 2.75) is 11.8 Å². The summed E-state index contributed by atoms with van der Waals surface area (Å²) in [6.45, 7) is 2.87. The summed E-state index contributed by atoms with van der Waals surface area (Å²) in [7, 11) is 0. The molecule has 1 N–H and O–H groups in total. The maximum Gasteiger partial charge on any atom is 0.101 e. The SMILES string of the molecule is Cc1cccc(C#N)c1NCCSc1ccccc1. The molecular weight excluding hydrogens is 252 g/mol. The van der Waals surface area contributed by atoms with Gasteiger partial charge in [0.1, 0.15) is 6.07 Å². The summed E-state index contributed by atoms with van der Waals surface area (Å²) in [6.07, 6.45) is 0. The second kappa shape index (κ2) is 6.86. The number of nitrogens with one attached hydrogen (secondary N) is 1. The maximum atomic E-state index is 9.08. The topological polar surface area (TPSA) is 35.8 Å². The highest BCUT2D eigenvalue weighted by Crippen LogP contribution is 2.21. The fourth-order valence-corrected chi connectivity index (χ4v) is 2.65. The van der Waals surface area contributed by atoms with Gasteiger partial charge in [-0.25, -0.2) is 0 Å². The molecule has 0 bridgehead atoms. The molecule has 0 unspecified atom stereocenters. The number of nitrogens with zero attached hydrogens (tertiary/aromatic N) is 1. The van der Waals surface area contributed by atoms with E-state index in [-0.39, 0.29) is 0 Å². The van der Waals surface area contributed by atoms with Crippen LogP contribution in [0.4, 0.5) is 5.69 Å². The van der Waals surface area contributed by atoms with Crippen LogP contribution in [0.1, 0.15) is 11.1 Å². The fraction of sp³-hybridized carbons (Fsp3) is 0.188. The van der Waals surface area contributed by atoms with Crippen molar-refractivity contribution in [2.24, 2.45) is 0 Å². The van der Waals surface area contributed by atoms with Crippen molar-refractivity contribution in [3.8, 4) is 6.07 Å². The Hall–Kier alpha value is -1.92. The van der Waals surface area contributed by atoms with Crippen LogP contribution in [0.3, 0.4) is 0 Å². The van der Waals surface area contributed by atoms with Gasteiger partial charge in [0.15, 0.2) is 0 Å². The van der Waals surface area contributed by atoms with E-state index in [2.05, 4.69) is 23.5 Å². The second-order valence-electron chi connectivity index (χ2n) is 4.20. The highest BCUT2D eigenvalue weighted by Gasteiger charge is 2.03. The minimum Gasteiger partial charge on any atom is -0.383 e. The number of para-hydroxylation sites is 1. The number of benzene rings is 2. The molecule has 0 fully saturated rings. The number of anilines is 1. The van der Waals surface area contributed by atoms with Crippen LogP contribution in [-0.2, 0) is 0 Å². The van der Waals surface area contributed by atoms with Crippen LogP contribution in [0.2, 0.25) is 0 Å². The molecule has 0 radical (unpaired) electrons. The highest BCUT2D eigenvalue weighted by molar-refractivity contribution is 7.99.